The second-order valence-electron chi connectivity index (χ2n) is 3.85. The first-order chi connectivity index (χ1) is 5.31. The molecule has 64 valence electrons. The summed E-state index contributed by atoms with van der Waals surface area (Å²) in [7, 11) is 0. The summed E-state index contributed by atoms with van der Waals surface area (Å²) in [6.45, 7) is 0. The van der Waals surface area contributed by atoms with Crippen LogP contribution in [0.5, 0.6) is 0 Å². The summed E-state index contributed by atoms with van der Waals surface area (Å²) in [5.74, 6) is 0. The predicted molar refractivity (Wildman–Crippen MR) is 42.1 cm³/mol. The topological polar surface area (TPSA) is 29.5 Å². The molecule has 0 aromatic carbocycles. The van der Waals surface area contributed by atoms with Crippen molar-refractivity contribution in [2.24, 2.45) is 0 Å². The lowest BCUT2D eigenvalue weighted by Gasteiger charge is -2.36. The second kappa shape index (κ2) is 2.76. The van der Waals surface area contributed by atoms with E-state index in [0.29, 0.717) is 0 Å². The Labute approximate surface area is 67.6 Å². The molecule has 0 aromatic rings. The molecule has 0 amide bonds. The minimum atomic E-state index is -0.471. The van der Waals surface area contributed by atoms with E-state index in [1.165, 1.54) is 32.1 Å². The van der Waals surface area contributed by atoms with Gasteiger partial charge in [-0.25, -0.2) is 0 Å². The van der Waals surface area contributed by atoms with Crippen LogP contribution in [0.3, 0.4) is 0 Å². The number of hydrogen-bond donors (Lipinski definition) is 1. The molecule has 1 saturated carbocycles. The summed E-state index contributed by atoms with van der Waals surface area (Å²) in [5, 5.41) is 9.31. The van der Waals surface area contributed by atoms with E-state index in [4.69, 9.17) is 4.74 Å². The van der Waals surface area contributed by atoms with Crippen LogP contribution in [-0.2, 0) is 4.74 Å². The van der Waals surface area contributed by atoms with Crippen molar-refractivity contribution in [1.29, 1.82) is 0 Å². The molecule has 2 rings (SSSR count). The lowest BCUT2D eigenvalue weighted by molar-refractivity contribution is -0.210. The van der Waals surface area contributed by atoms with Crippen molar-refractivity contribution in [3.63, 3.8) is 0 Å². The molecule has 2 nitrogen and oxygen atoms in total. The summed E-state index contributed by atoms with van der Waals surface area (Å²) < 4.78 is 5.59. The summed E-state index contributed by atoms with van der Waals surface area (Å²) in [6, 6.07) is 0. The minimum absolute atomic E-state index is 0.0949. The maximum absolute atomic E-state index is 9.31. The third-order valence-corrected chi connectivity index (χ3v) is 2.98. The van der Waals surface area contributed by atoms with Crippen LogP contribution in [0.25, 0.3) is 0 Å². The molecule has 1 heterocycles. The van der Waals surface area contributed by atoms with Gasteiger partial charge in [0.25, 0.3) is 0 Å². The van der Waals surface area contributed by atoms with E-state index < -0.39 is 6.29 Å². The molecule has 0 bridgehead atoms. The van der Waals surface area contributed by atoms with Crippen molar-refractivity contribution in [1.82, 2.24) is 0 Å². The zero-order chi connectivity index (χ0) is 7.73. The highest BCUT2D eigenvalue weighted by Crippen LogP contribution is 2.41. The highest BCUT2D eigenvalue weighted by atomic mass is 16.6. The fourth-order valence-electron chi connectivity index (χ4n) is 2.39. The Balaban J connectivity index is 2.00. The van der Waals surface area contributed by atoms with Gasteiger partial charge in [0.15, 0.2) is 6.29 Å². The Morgan fingerprint density at radius 1 is 1.09 bits per heavy atom. The average Bonchev–Trinajstić information content (AvgIpc) is 2.37. The number of ether oxygens (including phenoxy) is 1. The van der Waals surface area contributed by atoms with E-state index in [-0.39, 0.29) is 5.60 Å². The monoisotopic (exact) mass is 156 g/mol. The number of aliphatic hydroxyl groups is 1. The number of rotatable bonds is 0. The summed E-state index contributed by atoms with van der Waals surface area (Å²) in [4.78, 5) is 0. The molecule has 2 heteroatoms. The highest BCUT2D eigenvalue weighted by Gasteiger charge is 2.38. The van der Waals surface area contributed by atoms with Gasteiger partial charge in [-0.15, -0.1) is 0 Å². The largest absolute Gasteiger partial charge is 0.368 e. The normalized spacial score (nSPS) is 36.3. The van der Waals surface area contributed by atoms with E-state index in [0.717, 1.165) is 12.8 Å². The molecular formula is C9H16O2. The molecule has 1 spiro atoms. The molecule has 1 unspecified atom stereocenters. The molecule has 1 atom stereocenters. The zero-order valence-electron chi connectivity index (χ0n) is 6.88. The van der Waals surface area contributed by atoms with Crippen molar-refractivity contribution >= 4 is 0 Å². The Morgan fingerprint density at radius 2 is 1.73 bits per heavy atom. The van der Waals surface area contributed by atoms with Crippen molar-refractivity contribution in [3.8, 4) is 0 Å². The van der Waals surface area contributed by atoms with E-state index in [1.807, 2.05) is 0 Å². The van der Waals surface area contributed by atoms with E-state index >= 15 is 0 Å². The molecule has 0 aromatic heterocycles. The van der Waals surface area contributed by atoms with E-state index in [1.54, 1.807) is 0 Å². The van der Waals surface area contributed by atoms with Crippen LogP contribution in [0.4, 0.5) is 0 Å². The lowest BCUT2D eigenvalue weighted by atomic mass is 9.92. The first-order valence-electron chi connectivity index (χ1n) is 4.67. The van der Waals surface area contributed by atoms with Crippen molar-refractivity contribution < 1.29 is 9.84 Å². The average molecular weight is 156 g/mol. The maximum Gasteiger partial charge on any atom is 0.155 e. The molecule has 2 aliphatic rings. The summed E-state index contributed by atoms with van der Waals surface area (Å²) >= 11 is 0. The van der Waals surface area contributed by atoms with Crippen LogP contribution < -0.4 is 0 Å². The van der Waals surface area contributed by atoms with Gasteiger partial charge in [-0.3, -0.25) is 0 Å². The Kier molecular flexibility index (Phi) is 1.90. The fourth-order valence-corrected chi connectivity index (χ4v) is 2.39. The molecule has 1 N–H and O–H groups in total. The first kappa shape index (κ1) is 7.56. The third kappa shape index (κ3) is 1.42. The van der Waals surface area contributed by atoms with Gasteiger partial charge in [0.2, 0.25) is 0 Å². The van der Waals surface area contributed by atoms with Gasteiger partial charge in [0.1, 0.15) is 0 Å². The predicted octanol–water partition coefficient (Wildman–Crippen LogP) is 1.82. The quantitative estimate of drug-likeness (QED) is 0.579. The maximum atomic E-state index is 9.31. The molecule has 1 aliphatic carbocycles. The summed E-state index contributed by atoms with van der Waals surface area (Å²) in [6.07, 6.45) is 7.59. The minimum Gasteiger partial charge on any atom is -0.368 e. The summed E-state index contributed by atoms with van der Waals surface area (Å²) in [5.41, 5.74) is 0.0949. The van der Waals surface area contributed by atoms with Crippen LogP contribution >= 0.6 is 0 Å². The van der Waals surface area contributed by atoms with Crippen LogP contribution in [0, 0.1) is 0 Å². The van der Waals surface area contributed by atoms with Crippen LogP contribution in [0.1, 0.15) is 44.9 Å². The fraction of sp³-hybridized carbons (Fsp3) is 1.00. The lowest BCUT2D eigenvalue weighted by Crippen LogP contribution is -2.38. The molecule has 1 saturated heterocycles. The number of hydrogen-bond acceptors (Lipinski definition) is 2. The van der Waals surface area contributed by atoms with Crippen molar-refractivity contribution in [2.75, 3.05) is 0 Å². The Bertz CT molecular complexity index is 138. The Morgan fingerprint density at radius 3 is 2.36 bits per heavy atom. The SMILES string of the molecule is OC1CCCC2(CCCC2)O1. The standard InChI is InChI=1S/C9H16O2/c10-8-4-3-7-9(11-8)5-1-2-6-9/h8,10H,1-7H2. The number of aliphatic hydroxyl groups excluding tert-OH is 1. The van der Waals surface area contributed by atoms with E-state index in [2.05, 4.69) is 0 Å². The van der Waals surface area contributed by atoms with Gasteiger partial charge in [-0.05, 0) is 32.1 Å². The van der Waals surface area contributed by atoms with Gasteiger partial charge >= 0.3 is 0 Å². The van der Waals surface area contributed by atoms with Gasteiger partial charge in [0, 0.05) is 0 Å². The molecular weight excluding hydrogens is 140 g/mol. The van der Waals surface area contributed by atoms with Crippen LogP contribution in [-0.4, -0.2) is 17.0 Å². The second-order valence-corrected chi connectivity index (χ2v) is 3.85. The van der Waals surface area contributed by atoms with E-state index in [9.17, 15) is 5.11 Å². The highest BCUT2D eigenvalue weighted by molar-refractivity contribution is 4.88. The van der Waals surface area contributed by atoms with Crippen LogP contribution in [0.15, 0.2) is 0 Å². The third-order valence-electron chi connectivity index (χ3n) is 2.98. The first-order valence-corrected chi connectivity index (χ1v) is 4.67. The van der Waals surface area contributed by atoms with Crippen molar-refractivity contribution in [3.05, 3.63) is 0 Å². The molecule has 11 heavy (non-hydrogen) atoms. The van der Waals surface area contributed by atoms with Gasteiger partial charge in [-0.1, -0.05) is 12.8 Å². The zero-order valence-corrected chi connectivity index (χ0v) is 6.88. The molecule has 2 fully saturated rings. The van der Waals surface area contributed by atoms with Gasteiger partial charge in [-0.2, -0.15) is 0 Å². The Hall–Kier alpha value is -0.0800. The van der Waals surface area contributed by atoms with Gasteiger partial charge in [0.05, 0.1) is 5.60 Å². The molecule has 0 radical (unpaired) electrons. The van der Waals surface area contributed by atoms with Crippen molar-refractivity contribution in [2.45, 2.75) is 56.8 Å². The van der Waals surface area contributed by atoms with Gasteiger partial charge < -0.3 is 9.84 Å². The van der Waals surface area contributed by atoms with Crippen LogP contribution in [0.2, 0.25) is 0 Å². The molecule has 1 aliphatic heterocycles. The smallest absolute Gasteiger partial charge is 0.155 e.